The summed E-state index contributed by atoms with van der Waals surface area (Å²) in [5.74, 6) is -1.53. The van der Waals surface area contributed by atoms with E-state index in [-0.39, 0.29) is 22.8 Å². The van der Waals surface area contributed by atoms with E-state index < -0.39 is 27.8 Å². The minimum absolute atomic E-state index is 0.00253. The van der Waals surface area contributed by atoms with Crippen molar-refractivity contribution in [3.63, 3.8) is 0 Å². The molecular formula is C11H12ClFO3S. The van der Waals surface area contributed by atoms with E-state index in [0.29, 0.717) is 0 Å². The second-order valence-corrected chi connectivity index (χ2v) is 5.96. The molecule has 0 saturated heterocycles. The van der Waals surface area contributed by atoms with Crippen molar-refractivity contribution in [1.29, 1.82) is 0 Å². The lowest BCUT2D eigenvalue weighted by molar-refractivity contribution is -0.136. The third-order valence-corrected chi connectivity index (χ3v) is 4.12. The number of carboxylic acid groups (broad SMARTS) is 1. The predicted octanol–water partition coefficient (Wildman–Crippen LogP) is 2.59. The molecule has 3 nitrogen and oxygen atoms in total. The van der Waals surface area contributed by atoms with E-state index in [1.807, 2.05) is 0 Å². The van der Waals surface area contributed by atoms with Gasteiger partial charge in [0.1, 0.15) is 5.82 Å². The number of rotatable bonds is 5. The first-order valence-electron chi connectivity index (χ1n) is 4.93. The third kappa shape index (κ3) is 4.44. The molecule has 0 fully saturated rings. The number of carboxylic acids is 1. The lowest BCUT2D eigenvalue weighted by Crippen LogP contribution is -2.17. The molecule has 0 heterocycles. The zero-order valence-corrected chi connectivity index (χ0v) is 10.7. The van der Waals surface area contributed by atoms with Crippen LogP contribution in [0.25, 0.3) is 0 Å². The van der Waals surface area contributed by atoms with Gasteiger partial charge in [0, 0.05) is 26.6 Å². The van der Waals surface area contributed by atoms with Gasteiger partial charge in [0.05, 0.1) is 12.2 Å². The number of aliphatic carboxylic acids is 1. The summed E-state index contributed by atoms with van der Waals surface area (Å²) in [6, 6.07) is 4.12. The molecule has 0 aromatic heterocycles. The molecule has 2 unspecified atom stereocenters. The Balaban J connectivity index is 2.71. The van der Waals surface area contributed by atoms with E-state index in [0.717, 1.165) is 6.07 Å². The summed E-state index contributed by atoms with van der Waals surface area (Å²) in [5.41, 5.74) is 0.282. The minimum Gasteiger partial charge on any atom is -0.481 e. The van der Waals surface area contributed by atoms with Crippen molar-refractivity contribution in [2.75, 3.05) is 0 Å². The molecule has 2 atom stereocenters. The van der Waals surface area contributed by atoms with Crippen LogP contribution >= 0.6 is 11.6 Å². The molecule has 0 aliphatic rings. The second kappa shape index (κ2) is 6.12. The molecule has 1 aromatic carbocycles. The summed E-state index contributed by atoms with van der Waals surface area (Å²) < 4.78 is 25.1. The van der Waals surface area contributed by atoms with Gasteiger partial charge in [-0.05, 0) is 12.1 Å². The van der Waals surface area contributed by atoms with Gasteiger partial charge in [0.25, 0.3) is 0 Å². The maximum absolute atomic E-state index is 13.4. The molecule has 17 heavy (non-hydrogen) atoms. The molecule has 0 bridgehead atoms. The minimum atomic E-state index is -1.42. The van der Waals surface area contributed by atoms with Crippen LogP contribution in [0.4, 0.5) is 4.39 Å². The molecule has 1 N–H and O–H groups in total. The Labute approximate surface area is 106 Å². The fraction of sp³-hybridized carbons (Fsp3) is 0.364. The van der Waals surface area contributed by atoms with Gasteiger partial charge in [0.15, 0.2) is 0 Å². The lowest BCUT2D eigenvalue weighted by Gasteiger charge is -2.09. The van der Waals surface area contributed by atoms with Crippen LogP contribution in [-0.2, 0) is 21.3 Å². The highest BCUT2D eigenvalue weighted by Crippen LogP contribution is 2.17. The van der Waals surface area contributed by atoms with Crippen LogP contribution in [0.2, 0.25) is 5.02 Å². The summed E-state index contributed by atoms with van der Waals surface area (Å²) in [6.45, 7) is 1.57. The maximum atomic E-state index is 13.4. The van der Waals surface area contributed by atoms with Crippen LogP contribution in [0.15, 0.2) is 18.2 Å². The number of carbonyl (C=O) groups is 1. The predicted molar refractivity (Wildman–Crippen MR) is 65.0 cm³/mol. The van der Waals surface area contributed by atoms with Gasteiger partial charge in [-0.15, -0.1) is 0 Å². The molecule has 0 aliphatic carbocycles. The largest absolute Gasteiger partial charge is 0.481 e. The highest BCUT2D eigenvalue weighted by Gasteiger charge is 2.16. The highest BCUT2D eigenvalue weighted by atomic mass is 35.5. The van der Waals surface area contributed by atoms with E-state index in [4.69, 9.17) is 16.7 Å². The first-order valence-corrected chi connectivity index (χ1v) is 6.69. The van der Waals surface area contributed by atoms with Crippen LogP contribution in [0.5, 0.6) is 0 Å². The van der Waals surface area contributed by atoms with Gasteiger partial charge in [0.2, 0.25) is 0 Å². The number of benzene rings is 1. The molecule has 94 valence electrons. The Bertz CT molecular complexity index is 450. The monoisotopic (exact) mass is 278 g/mol. The van der Waals surface area contributed by atoms with Crippen molar-refractivity contribution < 1.29 is 18.5 Å². The zero-order valence-electron chi connectivity index (χ0n) is 9.15. The van der Waals surface area contributed by atoms with Crippen molar-refractivity contribution in [2.45, 2.75) is 24.3 Å². The summed E-state index contributed by atoms with van der Waals surface area (Å²) in [7, 11) is -1.42. The molecule has 0 aliphatic heterocycles. The molecule has 6 heteroatoms. The second-order valence-electron chi connectivity index (χ2n) is 3.67. The standard InChI is InChI=1S/C11H12ClFO3S/c1-7(4-11(14)15)17(16)6-8-2-3-9(12)5-10(8)13/h2-3,5,7H,4,6H2,1H3,(H,14,15). The van der Waals surface area contributed by atoms with E-state index in [1.54, 1.807) is 6.92 Å². The van der Waals surface area contributed by atoms with Crippen molar-refractivity contribution in [3.05, 3.63) is 34.6 Å². The van der Waals surface area contributed by atoms with Crippen LogP contribution in [0.3, 0.4) is 0 Å². The molecule has 0 amide bonds. The summed E-state index contributed by atoms with van der Waals surface area (Å²) in [4.78, 5) is 10.5. The third-order valence-electron chi connectivity index (χ3n) is 2.22. The average Bonchev–Trinajstić information content (AvgIpc) is 2.21. The lowest BCUT2D eigenvalue weighted by atomic mass is 10.2. The molecule has 1 aromatic rings. The molecule has 1 rings (SSSR count). The van der Waals surface area contributed by atoms with Crippen LogP contribution in [-0.4, -0.2) is 20.5 Å². The van der Waals surface area contributed by atoms with E-state index >= 15 is 0 Å². The molecule has 0 spiro atoms. The Hall–Kier alpha value is -0.940. The SMILES string of the molecule is CC(CC(=O)O)S(=O)Cc1ccc(Cl)cc1F. The van der Waals surface area contributed by atoms with Crippen molar-refractivity contribution >= 4 is 28.4 Å². The number of hydrogen-bond acceptors (Lipinski definition) is 2. The van der Waals surface area contributed by atoms with Gasteiger partial charge in [-0.1, -0.05) is 24.6 Å². The molecular weight excluding hydrogens is 267 g/mol. The average molecular weight is 279 g/mol. The van der Waals surface area contributed by atoms with Gasteiger partial charge >= 0.3 is 5.97 Å². The van der Waals surface area contributed by atoms with E-state index in [9.17, 15) is 13.4 Å². The van der Waals surface area contributed by atoms with Crippen molar-refractivity contribution in [2.24, 2.45) is 0 Å². The topological polar surface area (TPSA) is 54.4 Å². The zero-order chi connectivity index (χ0) is 13.0. The Morgan fingerprint density at radius 3 is 2.76 bits per heavy atom. The quantitative estimate of drug-likeness (QED) is 0.901. The van der Waals surface area contributed by atoms with Crippen LogP contribution in [0.1, 0.15) is 18.9 Å². The van der Waals surface area contributed by atoms with Crippen molar-refractivity contribution in [1.82, 2.24) is 0 Å². The normalized spacial score (nSPS) is 14.3. The molecule has 0 saturated carbocycles. The summed E-state index contributed by atoms with van der Waals surface area (Å²) >= 11 is 5.59. The van der Waals surface area contributed by atoms with Crippen LogP contribution in [0, 0.1) is 5.82 Å². The van der Waals surface area contributed by atoms with E-state index in [2.05, 4.69) is 0 Å². The number of halogens is 2. The Kier molecular flexibility index (Phi) is 5.08. The summed E-state index contributed by atoms with van der Waals surface area (Å²) in [5, 5.41) is 8.33. The number of hydrogen-bond donors (Lipinski definition) is 1. The fourth-order valence-electron chi connectivity index (χ4n) is 1.27. The Morgan fingerprint density at radius 2 is 2.24 bits per heavy atom. The van der Waals surface area contributed by atoms with Gasteiger partial charge in [-0.2, -0.15) is 0 Å². The first-order chi connectivity index (χ1) is 7.90. The van der Waals surface area contributed by atoms with Gasteiger partial charge in [-0.25, -0.2) is 4.39 Å². The first kappa shape index (κ1) is 14.1. The Morgan fingerprint density at radius 1 is 1.59 bits per heavy atom. The van der Waals surface area contributed by atoms with Gasteiger partial charge < -0.3 is 5.11 Å². The fourth-order valence-corrected chi connectivity index (χ4v) is 2.59. The van der Waals surface area contributed by atoms with Gasteiger partial charge in [-0.3, -0.25) is 9.00 Å². The van der Waals surface area contributed by atoms with E-state index in [1.165, 1.54) is 12.1 Å². The molecule has 0 radical (unpaired) electrons. The van der Waals surface area contributed by atoms with Crippen molar-refractivity contribution in [3.8, 4) is 0 Å². The maximum Gasteiger partial charge on any atom is 0.304 e. The van der Waals surface area contributed by atoms with Crippen LogP contribution < -0.4 is 0 Å². The smallest absolute Gasteiger partial charge is 0.304 e. The summed E-state index contributed by atoms with van der Waals surface area (Å²) in [6.07, 6.45) is -0.193. The highest BCUT2D eigenvalue weighted by molar-refractivity contribution is 7.84.